The highest BCUT2D eigenvalue weighted by Gasteiger charge is 2.28. The van der Waals surface area contributed by atoms with Crippen LogP contribution in [0.2, 0.25) is 0 Å². The molecule has 1 aliphatic rings. The summed E-state index contributed by atoms with van der Waals surface area (Å²) in [4.78, 5) is 35.4. The maximum atomic E-state index is 13.5. The first-order chi connectivity index (χ1) is 18.0. The van der Waals surface area contributed by atoms with Gasteiger partial charge in [0.05, 0.1) is 30.6 Å². The number of nitrogens with zero attached hydrogens (tertiary/aromatic N) is 4. The Balaban J connectivity index is 1.34. The number of rotatable bonds is 6. The van der Waals surface area contributed by atoms with Gasteiger partial charge in [-0.25, -0.2) is 9.78 Å². The van der Waals surface area contributed by atoms with Crippen molar-refractivity contribution in [3.8, 4) is 5.75 Å². The topological polar surface area (TPSA) is 79.7 Å². The van der Waals surface area contributed by atoms with E-state index in [4.69, 9.17) is 9.72 Å². The van der Waals surface area contributed by atoms with Gasteiger partial charge in [0.2, 0.25) is 0 Å². The molecular formula is C29H31N5O3. The van der Waals surface area contributed by atoms with Gasteiger partial charge in [0.15, 0.2) is 0 Å². The van der Waals surface area contributed by atoms with E-state index >= 15 is 0 Å². The highest BCUT2D eigenvalue weighted by atomic mass is 16.5. The Labute approximate surface area is 216 Å². The molecule has 5 rings (SSSR count). The third-order valence-electron chi connectivity index (χ3n) is 6.92. The second-order valence-corrected chi connectivity index (χ2v) is 9.23. The van der Waals surface area contributed by atoms with Gasteiger partial charge in [-0.05, 0) is 36.8 Å². The molecule has 1 N–H and O–H groups in total. The summed E-state index contributed by atoms with van der Waals surface area (Å²) in [5, 5.41) is 3.58. The minimum atomic E-state index is -0.134. The molecule has 37 heavy (non-hydrogen) atoms. The number of aromatic nitrogens is 2. The van der Waals surface area contributed by atoms with Gasteiger partial charge in [-0.2, -0.15) is 0 Å². The van der Waals surface area contributed by atoms with Crippen LogP contribution in [0.4, 0.5) is 10.5 Å². The highest BCUT2D eigenvalue weighted by molar-refractivity contribution is 5.89. The van der Waals surface area contributed by atoms with Crippen molar-refractivity contribution >= 4 is 22.6 Å². The molecule has 0 aliphatic carbocycles. The Morgan fingerprint density at radius 2 is 1.70 bits per heavy atom. The number of nitrogens with one attached hydrogen (secondary N) is 1. The van der Waals surface area contributed by atoms with E-state index in [0.717, 1.165) is 11.4 Å². The molecule has 0 spiro atoms. The van der Waals surface area contributed by atoms with Crippen LogP contribution in [0.15, 0.2) is 83.7 Å². The number of hydrogen-bond acceptors (Lipinski definition) is 5. The number of anilines is 1. The number of benzene rings is 3. The number of ether oxygens (including phenoxy) is 1. The minimum Gasteiger partial charge on any atom is -0.497 e. The van der Waals surface area contributed by atoms with Crippen molar-refractivity contribution < 1.29 is 9.53 Å². The molecule has 4 aromatic rings. The zero-order chi connectivity index (χ0) is 25.8. The minimum absolute atomic E-state index is 0.0346. The summed E-state index contributed by atoms with van der Waals surface area (Å²) >= 11 is 0. The van der Waals surface area contributed by atoms with Crippen LogP contribution < -0.4 is 15.6 Å². The molecule has 1 aromatic heterocycles. The molecule has 2 heterocycles. The van der Waals surface area contributed by atoms with Crippen molar-refractivity contribution in [3.05, 3.63) is 101 Å². The lowest BCUT2D eigenvalue weighted by Gasteiger charge is -2.38. The first-order valence-corrected chi connectivity index (χ1v) is 12.5. The molecule has 0 saturated carbocycles. The molecule has 8 heteroatoms. The predicted octanol–water partition coefficient (Wildman–Crippen LogP) is 4.36. The van der Waals surface area contributed by atoms with Gasteiger partial charge < -0.3 is 15.0 Å². The molecule has 0 radical (unpaired) electrons. The summed E-state index contributed by atoms with van der Waals surface area (Å²) in [6.07, 6.45) is 0. The molecular weight excluding hydrogens is 466 g/mol. The van der Waals surface area contributed by atoms with Crippen LogP contribution in [-0.2, 0) is 6.54 Å². The Morgan fingerprint density at radius 3 is 2.46 bits per heavy atom. The fourth-order valence-electron chi connectivity index (χ4n) is 4.80. The number of piperazine rings is 1. The second-order valence-electron chi connectivity index (χ2n) is 9.23. The van der Waals surface area contributed by atoms with Crippen LogP contribution in [0.5, 0.6) is 5.75 Å². The molecule has 1 aliphatic heterocycles. The summed E-state index contributed by atoms with van der Waals surface area (Å²) in [5.41, 5.74) is 2.42. The van der Waals surface area contributed by atoms with E-state index in [1.54, 1.807) is 17.7 Å². The van der Waals surface area contributed by atoms with E-state index in [2.05, 4.69) is 17.1 Å². The quantitative estimate of drug-likeness (QED) is 0.428. The van der Waals surface area contributed by atoms with Gasteiger partial charge in [-0.3, -0.25) is 14.3 Å². The number of fused-ring (bicyclic) bond motifs is 1. The average molecular weight is 498 g/mol. The molecule has 2 amide bonds. The van der Waals surface area contributed by atoms with Crippen LogP contribution in [0.25, 0.3) is 10.9 Å². The van der Waals surface area contributed by atoms with E-state index in [1.165, 1.54) is 0 Å². The van der Waals surface area contributed by atoms with E-state index in [1.807, 2.05) is 77.7 Å². The van der Waals surface area contributed by atoms with Crippen molar-refractivity contribution in [2.45, 2.75) is 19.5 Å². The molecule has 1 unspecified atom stereocenters. The molecule has 1 fully saturated rings. The largest absolute Gasteiger partial charge is 0.497 e. The first kappa shape index (κ1) is 24.5. The van der Waals surface area contributed by atoms with Crippen LogP contribution >= 0.6 is 0 Å². The molecule has 0 bridgehead atoms. The van der Waals surface area contributed by atoms with E-state index in [9.17, 15) is 9.59 Å². The smallest absolute Gasteiger partial charge is 0.321 e. The van der Waals surface area contributed by atoms with Crippen LogP contribution in [0.3, 0.4) is 0 Å². The molecule has 1 atom stereocenters. The standard InChI is InChI=1S/C29H31N5O3/c1-21(32-15-17-33(18-16-32)29(36)30-23-11-8-12-24(19-23)37-2)27-31-26-14-7-6-13-25(26)28(35)34(27)20-22-9-4-3-5-10-22/h3-14,19,21H,15-18,20H2,1-2H3,(H,30,36). The van der Waals surface area contributed by atoms with Crippen molar-refractivity contribution in [2.24, 2.45) is 0 Å². The van der Waals surface area contributed by atoms with E-state index in [-0.39, 0.29) is 17.6 Å². The van der Waals surface area contributed by atoms with E-state index < -0.39 is 0 Å². The average Bonchev–Trinajstić information content (AvgIpc) is 2.95. The second kappa shape index (κ2) is 10.8. The lowest BCUT2D eigenvalue weighted by molar-refractivity contribution is 0.114. The van der Waals surface area contributed by atoms with Crippen LogP contribution in [0, 0.1) is 0 Å². The fourth-order valence-corrected chi connectivity index (χ4v) is 4.80. The Morgan fingerprint density at radius 1 is 0.973 bits per heavy atom. The van der Waals surface area contributed by atoms with Crippen LogP contribution in [0.1, 0.15) is 24.4 Å². The normalized spacial score (nSPS) is 14.9. The molecule has 190 valence electrons. The SMILES string of the molecule is COc1cccc(NC(=O)N2CCN(C(C)c3nc4ccccc4c(=O)n3Cc3ccccc3)CC2)c1. The number of carbonyl (C=O) groups excluding carboxylic acids is 1. The maximum absolute atomic E-state index is 13.5. The van der Waals surface area contributed by atoms with Crippen molar-refractivity contribution in [3.63, 3.8) is 0 Å². The third-order valence-corrected chi connectivity index (χ3v) is 6.92. The summed E-state index contributed by atoms with van der Waals surface area (Å²) in [5.74, 6) is 1.43. The Kier molecular flexibility index (Phi) is 7.18. The lowest BCUT2D eigenvalue weighted by Crippen LogP contribution is -2.51. The summed E-state index contributed by atoms with van der Waals surface area (Å²) in [7, 11) is 1.60. The summed E-state index contributed by atoms with van der Waals surface area (Å²) in [6, 6.07) is 24.6. The Bertz CT molecular complexity index is 1450. The van der Waals surface area contributed by atoms with Gasteiger partial charge in [0.25, 0.3) is 5.56 Å². The summed E-state index contributed by atoms with van der Waals surface area (Å²) in [6.45, 7) is 5.07. The number of para-hydroxylation sites is 1. The van der Waals surface area contributed by atoms with Crippen molar-refractivity contribution in [1.29, 1.82) is 0 Å². The molecule has 8 nitrogen and oxygen atoms in total. The summed E-state index contributed by atoms with van der Waals surface area (Å²) < 4.78 is 7.04. The zero-order valence-corrected chi connectivity index (χ0v) is 21.1. The number of amides is 2. The number of urea groups is 1. The van der Waals surface area contributed by atoms with Gasteiger partial charge >= 0.3 is 6.03 Å². The number of methoxy groups -OCH3 is 1. The van der Waals surface area contributed by atoms with Gasteiger partial charge in [0, 0.05) is 37.9 Å². The van der Waals surface area contributed by atoms with Crippen LogP contribution in [-0.4, -0.2) is 58.7 Å². The van der Waals surface area contributed by atoms with Crippen molar-refractivity contribution in [1.82, 2.24) is 19.4 Å². The van der Waals surface area contributed by atoms with Gasteiger partial charge in [0.1, 0.15) is 11.6 Å². The molecule has 3 aromatic carbocycles. The van der Waals surface area contributed by atoms with Gasteiger partial charge in [-0.1, -0.05) is 48.5 Å². The first-order valence-electron chi connectivity index (χ1n) is 12.5. The predicted molar refractivity (Wildman–Crippen MR) is 145 cm³/mol. The van der Waals surface area contributed by atoms with E-state index in [0.29, 0.717) is 55.1 Å². The number of hydrogen-bond donors (Lipinski definition) is 1. The highest BCUT2D eigenvalue weighted by Crippen LogP contribution is 2.23. The zero-order valence-electron chi connectivity index (χ0n) is 21.1. The monoisotopic (exact) mass is 497 g/mol. The number of carbonyl (C=O) groups is 1. The third kappa shape index (κ3) is 5.34. The van der Waals surface area contributed by atoms with Crippen molar-refractivity contribution in [2.75, 3.05) is 38.6 Å². The maximum Gasteiger partial charge on any atom is 0.321 e. The fraction of sp³-hybridized carbons (Fsp3) is 0.276. The Hall–Kier alpha value is -4.17. The van der Waals surface area contributed by atoms with Gasteiger partial charge in [-0.15, -0.1) is 0 Å². The molecule has 1 saturated heterocycles. The lowest BCUT2D eigenvalue weighted by atomic mass is 10.1.